The van der Waals surface area contributed by atoms with Crippen LogP contribution in [0, 0.1) is 11.8 Å². The number of nitrogens with two attached hydrogens (primary N) is 1. The molecule has 1 aliphatic heterocycles. The molecule has 1 aromatic carbocycles. The average molecular weight is 425 g/mol. The van der Waals surface area contributed by atoms with Gasteiger partial charge in [-0.05, 0) is 37.8 Å². The summed E-state index contributed by atoms with van der Waals surface area (Å²) >= 11 is 0. The van der Waals surface area contributed by atoms with Gasteiger partial charge in [-0.2, -0.15) is 0 Å². The molecule has 3 rings (SSSR count). The number of benzene rings is 1. The summed E-state index contributed by atoms with van der Waals surface area (Å²) in [5.41, 5.74) is 6.08. The normalized spacial score (nSPS) is 18.4. The van der Waals surface area contributed by atoms with Gasteiger partial charge >= 0.3 is 0 Å². The molecule has 0 bridgehead atoms. The van der Waals surface area contributed by atoms with E-state index >= 15 is 0 Å². The molecule has 1 aromatic rings. The van der Waals surface area contributed by atoms with Crippen molar-refractivity contribution < 1.29 is 19.1 Å². The predicted octanol–water partition coefficient (Wildman–Crippen LogP) is 1.15. The predicted molar refractivity (Wildman–Crippen MR) is 112 cm³/mol. The van der Waals surface area contributed by atoms with Gasteiger partial charge in [0.15, 0.2) is 6.61 Å². The molecule has 0 spiro atoms. The molecule has 0 radical (unpaired) electrons. The van der Waals surface area contributed by atoms with Gasteiger partial charge in [0, 0.05) is 43.9 Å². The van der Waals surface area contributed by atoms with Crippen molar-refractivity contribution >= 4 is 35.8 Å². The van der Waals surface area contributed by atoms with E-state index < -0.39 is 0 Å². The van der Waals surface area contributed by atoms with Crippen molar-refractivity contribution in [3.8, 4) is 5.75 Å². The highest BCUT2D eigenvalue weighted by atomic mass is 35.5. The summed E-state index contributed by atoms with van der Waals surface area (Å²) in [5.74, 6) is 0.272. The third kappa shape index (κ3) is 6.90. The lowest BCUT2D eigenvalue weighted by molar-refractivity contribution is -0.137. The first kappa shape index (κ1) is 23.0. The van der Waals surface area contributed by atoms with E-state index in [0.717, 1.165) is 25.7 Å². The highest BCUT2D eigenvalue weighted by molar-refractivity contribution is 5.94. The van der Waals surface area contributed by atoms with E-state index in [4.69, 9.17) is 10.5 Å². The number of amides is 3. The Labute approximate surface area is 176 Å². The molecule has 1 aliphatic carbocycles. The molecule has 160 valence electrons. The largest absolute Gasteiger partial charge is 0.484 e. The Kier molecular flexibility index (Phi) is 8.72. The van der Waals surface area contributed by atoms with Crippen molar-refractivity contribution in [3.63, 3.8) is 0 Å². The maximum Gasteiger partial charge on any atom is 0.260 e. The topological polar surface area (TPSA) is 114 Å². The zero-order chi connectivity index (χ0) is 19.9. The quantitative estimate of drug-likeness (QED) is 0.579. The molecule has 1 saturated heterocycles. The monoisotopic (exact) mass is 424 g/mol. The number of carbonyl (C=O) groups excluding carboxylic acids is 3. The fourth-order valence-electron chi connectivity index (χ4n) is 3.25. The first-order valence-electron chi connectivity index (χ1n) is 9.86. The maximum absolute atomic E-state index is 12.5. The highest BCUT2D eigenvalue weighted by Gasteiger charge is 2.30. The van der Waals surface area contributed by atoms with Crippen LogP contribution in [0.5, 0.6) is 5.75 Å². The van der Waals surface area contributed by atoms with Crippen LogP contribution < -0.4 is 21.1 Å². The third-order valence-corrected chi connectivity index (χ3v) is 5.00. The van der Waals surface area contributed by atoms with Crippen LogP contribution in [-0.2, 0) is 14.4 Å². The molecular weight excluding hydrogens is 396 g/mol. The van der Waals surface area contributed by atoms with E-state index in [1.54, 1.807) is 29.2 Å². The highest BCUT2D eigenvalue weighted by Crippen LogP contribution is 2.30. The second kappa shape index (κ2) is 11.0. The van der Waals surface area contributed by atoms with Gasteiger partial charge in [0.25, 0.3) is 5.91 Å². The molecule has 2 aliphatic rings. The maximum atomic E-state index is 12.5. The minimum absolute atomic E-state index is 0. The lowest BCUT2D eigenvalue weighted by Crippen LogP contribution is -2.47. The molecule has 1 unspecified atom stereocenters. The zero-order valence-electron chi connectivity index (χ0n) is 16.4. The molecule has 9 heteroatoms. The molecular formula is C20H29ClN4O4. The van der Waals surface area contributed by atoms with E-state index in [1.165, 1.54) is 0 Å². The number of hydrogen-bond acceptors (Lipinski definition) is 5. The number of nitrogens with one attached hydrogen (secondary N) is 2. The number of piperidine rings is 1. The summed E-state index contributed by atoms with van der Waals surface area (Å²) in [5, 5.41) is 5.65. The van der Waals surface area contributed by atoms with E-state index in [1.807, 2.05) is 0 Å². The van der Waals surface area contributed by atoms with Crippen LogP contribution in [0.2, 0.25) is 0 Å². The summed E-state index contributed by atoms with van der Waals surface area (Å²) in [4.78, 5) is 38.1. The van der Waals surface area contributed by atoms with Crippen molar-refractivity contribution in [2.75, 3.05) is 38.1 Å². The molecule has 2 fully saturated rings. The van der Waals surface area contributed by atoms with Gasteiger partial charge in [0.2, 0.25) is 11.8 Å². The summed E-state index contributed by atoms with van der Waals surface area (Å²) < 4.78 is 5.62. The lowest BCUT2D eigenvalue weighted by atomic mass is 9.97. The standard InChI is InChI=1S/C20H28N4O4.ClH/c21-8-9-22-19(26)15-3-2-10-24(12-15)18(25)13-28-17-5-1-4-16(11-17)23-20(27)14-6-7-14;/h1,4-5,11,14-15H,2-3,6-10,12-13,21H2,(H,22,26)(H,23,27);1H. The number of anilines is 1. The Morgan fingerprint density at radius 3 is 2.66 bits per heavy atom. The lowest BCUT2D eigenvalue weighted by Gasteiger charge is -2.32. The van der Waals surface area contributed by atoms with Crippen molar-refractivity contribution in [1.82, 2.24) is 10.2 Å². The van der Waals surface area contributed by atoms with Crippen molar-refractivity contribution in [2.24, 2.45) is 17.6 Å². The van der Waals surface area contributed by atoms with Crippen LogP contribution in [0.1, 0.15) is 25.7 Å². The number of ether oxygens (including phenoxy) is 1. The second-order valence-electron chi connectivity index (χ2n) is 7.34. The number of nitrogens with zero attached hydrogens (tertiary/aromatic N) is 1. The fourth-order valence-corrected chi connectivity index (χ4v) is 3.25. The molecule has 29 heavy (non-hydrogen) atoms. The summed E-state index contributed by atoms with van der Waals surface area (Å²) in [6.45, 7) is 1.77. The number of halogens is 1. The van der Waals surface area contributed by atoms with E-state index in [9.17, 15) is 14.4 Å². The van der Waals surface area contributed by atoms with Crippen LogP contribution in [0.4, 0.5) is 5.69 Å². The van der Waals surface area contributed by atoms with Gasteiger partial charge in [0.1, 0.15) is 5.75 Å². The summed E-state index contributed by atoms with van der Waals surface area (Å²) in [7, 11) is 0. The molecule has 0 aromatic heterocycles. The first-order chi connectivity index (χ1) is 13.6. The molecule has 3 amide bonds. The minimum atomic E-state index is -0.204. The van der Waals surface area contributed by atoms with Gasteiger partial charge in [-0.1, -0.05) is 6.07 Å². The van der Waals surface area contributed by atoms with Crippen molar-refractivity contribution in [3.05, 3.63) is 24.3 Å². The van der Waals surface area contributed by atoms with Gasteiger partial charge in [-0.3, -0.25) is 14.4 Å². The van der Waals surface area contributed by atoms with Gasteiger partial charge in [-0.15, -0.1) is 12.4 Å². The van der Waals surface area contributed by atoms with E-state index in [0.29, 0.717) is 37.6 Å². The van der Waals surface area contributed by atoms with Gasteiger partial charge in [0.05, 0.1) is 5.92 Å². The fraction of sp³-hybridized carbons (Fsp3) is 0.550. The van der Waals surface area contributed by atoms with Crippen LogP contribution in [-0.4, -0.2) is 55.4 Å². The SMILES string of the molecule is Cl.NCCNC(=O)C1CCCN(C(=O)COc2cccc(NC(=O)C3CC3)c2)C1. The molecule has 1 atom stereocenters. The molecule has 1 saturated carbocycles. The Morgan fingerprint density at radius 2 is 1.93 bits per heavy atom. The number of hydrogen-bond donors (Lipinski definition) is 3. The Bertz CT molecular complexity index is 726. The van der Waals surface area contributed by atoms with Crippen molar-refractivity contribution in [2.45, 2.75) is 25.7 Å². The van der Waals surface area contributed by atoms with Crippen LogP contribution >= 0.6 is 12.4 Å². The average Bonchev–Trinajstić information content (AvgIpc) is 3.56. The Morgan fingerprint density at radius 1 is 1.14 bits per heavy atom. The Hall–Kier alpha value is -2.32. The number of likely N-dealkylation sites (tertiary alicyclic amines) is 1. The van der Waals surface area contributed by atoms with Crippen LogP contribution in [0.3, 0.4) is 0 Å². The summed E-state index contributed by atoms with van der Waals surface area (Å²) in [6.07, 6.45) is 3.44. The second-order valence-corrected chi connectivity index (χ2v) is 7.34. The van der Waals surface area contributed by atoms with Crippen LogP contribution in [0.25, 0.3) is 0 Å². The first-order valence-corrected chi connectivity index (χ1v) is 9.86. The number of carbonyl (C=O) groups is 3. The van der Waals surface area contributed by atoms with E-state index in [2.05, 4.69) is 10.6 Å². The third-order valence-electron chi connectivity index (χ3n) is 5.00. The Balaban J connectivity index is 0.00000300. The van der Waals surface area contributed by atoms with Crippen molar-refractivity contribution in [1.29, 1.82) is 0 Å². The zero-order valence-corrected chi connectivity index (χ0v) is 17.2. The van der Waals surface area contributed by atoms with E-state index in [-0.39, 0.29) is 48.6 Å². The smallest absolute Gasteiger partial charge is 0.260 e. The number of rotatable bonds is 8. The van der Waals surface area contributed by atoms with Crippen LogP contribution in [0.15, 0.2) is 24.3 Å². The summed E-state index contributed by atoms with van der Waals surface area (Å²) in [6, 6.07) is 7.04. The molecule has 1 heterocycles. The van der Waals surface area contributed by atoms with Gasteiger partial charge < -0.3 is 26.0 Å². The molecule has 4 N–H and O–H groups in total. The van der Waals surface area contributed by atoms with Gasteiger partial charge in [-0.25, -0.2) is 0 Å². The molecule has 8 nitrogen and oxygen atoms in total. The minimum Gasteiger partial charge on any atom is -0.484 e.